The summed E-state index contributed by atoms with van der Waals surface area (Å²) in [7, 11) is 0. The summed E-state index contributed by atoms with van der Waals surface area (Å²) in [4.78, 5) is 17.2. The molecular formula is C20H20Cl2N2O2. The molecule has 0 radical (unpaired) electrons. The molecule has 4 fully saturated rings. The Morgan fingerprint density at radius 3 is 2.35 bits per heavy atom. The van der Waals surface area contributed by atoms with Gasteiger partial charge in [0, 0.05) is 11.1 Å². The van der Waals surface area contributed by atoms with E-state index in [2.05, 4.69) is 10.3 Å². The van der Waals surface area contributed by atoms with Crippen molar-refractivity contribution in [2.75, 3.05) is 0 Å². The molecule has 0 unspecified atom stereocenters. The van der Waals surface area contributed by atoms with Crippen LogP contribution in [-0.4, -0.2) is 16.4 Å². The number of nitrogens with zero attached hydrogens (tertiary/aromatic N) is 1. The van der Waals surface area contributed by atoms with Gasteiger partial charge in [0.05, 0.1) is 10.0 Å². The third-order valence-corrected chi connectivity index (χ3v) is 7.06. The van der Waals surface area contributed by atoms with E-state index in [1.54, 1.807) is 18.2 Å². The second-order valence-electron chi connectivity index (χ2n) is 8.32. The summed E-state index contributed by atoms with van der Waals surface area (Å²) < 4.78 is 5.51. The van der Waals surface area contributed by atoms with Crippen LogP contribution in [0.15, 0.2) is 28.9 Å². The molecule has 4 aliphatic rings. The normalized spacial score (nSPS) is 32.0. The first-order valence-corrected chi connectivity index (χ1v) is 9.99. The highest BCUT2D eigenvalue weighted by Crippen LogP contribution is 2.55. The highest BCUT2D eigenvalue weighted by molar-refractivity contribution is 6.42. The lowest BCUT2D eigenvalue weighted by Crippen LogP contribution is -2.59. The zero-order valence-electron chi connectivity index (χ0n) is 14.3. The summed E-state index contributed by atoms with van der Waals surface area (Å²) in [6.07, 6.45) is 8.81. The Hall–Kier alpha value is -1.52. The quantitative estimate of drug-likeness (QED) is 0.768. The van der Waals surface area contributed by atoms with E-state index in [1.807, 2.05) is 0 Å². The molecule has 0 atom stereocenters. The Morgan fingerprint density at radius 1 is 1.08 bits per heavy atom. The first-order valence-electron chi connectivity index (χ1n) is 9.23. The summed E-state index contributed by atoms with van der Waals surface area (Å²) in [5, 5.41) is 4.22. The van der Waals surface area contributed by atoms with Crippen molar-refractivity contribution in [2.45, 2.75) is 44.1 Å². The minimum Gasteiger partial charge on any atom is -0.444 e. The van der Waals surface area contributed by atoms with E-state index in [0.717, 1.165) is 37.0 Å². The number of halogens is 2. The Labute approximate surface area is 162 Å². The van der Waals surface area contributed by atoms with E-state index in [9.17, 15) is 4.79 Å². The van der Waals surface area contributed by atoms with Crippen molar-refractivity contribution in [3.63, 3.8) is 0 Å². The van der Waals surface area contributed by atoms with Crippen LogP contribution in [0.3, 0.4) is 0 Å². The number of oxazole rings is 1. The van der Waals surface area contributed by atoms with Crippen LogP contribution in [0, 0.1) is 17.8 Å². The predicted octanol–water partition coefficient (Wildman–Crippen LogP) is 5.35. The zero-order valence-corrected chi connectivity index (χ0v) is 15.8. The molecule has 6 heteroatoms. The second kappa shape index (κ2) is 6.00. The highest BCUT2D eigenvalue weighted by atomic mass is 35.5. The highest BCUT2D eigenvalue weighted by Gasteiger charge is 2.51. The molecule has 26 heavy (non-hydrogen) atoms. The van der Waals surface area contributed by atoms with Crippen LogP contribution in [0.25, 0.3) is 11.5 Å². The summed E-state index contributed by atoms with van der Waals surface area (Å²) in [5.41, 5.74) is 0.990. The molecule has 1 heterocycles. The fraction of sp³-hybridized carbons (Fsp3) is 0.500. The molecule has 0 spiro atoms. The predicted molar refractivity (Wildman–Crippen MR) is 100 cm³/mol. The van der Waals surface area contributed by atoms with Gasteiger partial charge < -0.3 is 9.73 Å². The van der Waals surface area contributed by atoms with Crippen molar-refractivity contribution in [2.24, 2.45) is 17.8 Å². The Kier molecular flexibility index (Phi) is 3.84. The molecule has 1 N–H and O–H groups in total. The molecule has 6 rings (SSSR count). The number of hydrogen-bond acceptors (Lipinski definition) is 3. The van der Waals surface area contributed by atoms with E-state index in [-0.39, 0.29) is 11.4 Å². The average Bonchev–Trinajstić information content (AvgIpc) is 3.06. The molecule has 1 aromatic carbocycles. The number of aromatic nitrogens is 1. The van der Waals surface area contributed by atoms with Gasteiger partial charge >= 0.3 is 0 Å². The average molecular weight is 391 g/mol. The van der Waals surface area contributed by atoms with Crippen LogP contribution in [0.5, 0.6) is 0 Å². The SMILES string of the molecule is O=C(NC12CC3CC(CC(C3)C1)C2)c1coc(-c2ccc(Cl)c(Cl)c2)n1. The van der Waals surface area contributed by atoms with Crippen molar-refractivity contribution < 1.29 is 9.21 Å². The number of hydrogen-bond donors (Lipinski definition) is 1. The molecule has 4 aliphatic carbocycles. The Bertz CT molecular complexity index is 841. The molecule has 1 aromatic heterocycles. The summed E-state index contributed by atoms with van der Waals surface area (Å²) in [6.45, 7) is 0. The number of nitrogens with one attached hydrogen (secondary N) is 1. The lowest BCUT2D eigenvalue weighted by Gasteiger charge is -2.56. The maximum atomic E-state index is 12.8. The van der Waals surface area contributed by atoms with E-state index < -0.39 is 0 Å². The molecule has 0 saturated heterocycles. The summed E-state index contributed by atoms with van der Waals surface area (Å²) >= 11 is 12.0. The van der Waals surface area contributed by atoms with Crippen molar-refractivity contribution in [3.05, 3.63) is 40.2 Å². The molecule has 4 saturated carbocycles. The van der Waals surface area contributed by atoms with Crippen molar-refractivity contribution in [1.29, 1.82) is 0 Å². The largest absolute Gasteiger partial charge is 0.444 e. The van der Waals surface area contributed by atoms with Crippen LogP contribution >= 0.6 is 23.2 Å². The number of rotatable bonds is 3. The third kappa shape index (κ3) is 2.84. The minimum atomic E-state index is -0.137. The monoisotopic (exact) mass is 390 g/mol. The molecule has 4 nitrogen and oxygen atoms in total. The topological polar surface area (TPSA) is 55.1 Å². The van der Waals surface area contributed by atoms with Crippen LogP contribution in [0.2, 0.25) is 10.0 Å². The standard InChI is InChI=1S/C20H20Cl2N2O2/c21-15-2-1-14(6-16(15)22)19-23-17(10-26-19)18(25)24-20-7-11-3-12(8-20)5-13(4-11)9-20/h1-2,6,10-13H,3-5,7-9H2,(H,24,25). The van der Waals surface area contributed by atoms with Crippen LogP contribution < -0.4 is 5.32 Å². The first-order chi connectivity index (χ1) is 12.5. The van der Waals surface area contributed by atoms with E-state index in [0.29, 0.717) is 27.2 Å². The Morgan fingerprint density at radius 2 is 1.73 bits per heavy atom. The number of amides is 1. The van der Waals surface area contributed by atoms with E-state index in [4.69, 9.17) is 27.6 Å². The van der Waals surface area contributed by atoms with Gasteiger partial charge in [-0.1, -0.05) is 23.2 Å². The zero-order chi connectivity index (χ0) is 17.9. The fourth-order valence-corrected chi connectivity index (χ4v) is 6.01. The van der Waals surface area contributed by atoms with Crippen LogP contribution in [0.4, 0.5) is 0 Å². The summed E-state index contributed by atoms with van der Waals surface area (Å²) in [6, 6.07) is 5.16. The maximum Gasteiger partial charge on any atom is 0.273 e. The first kappa shape index (κ1) is 16.6. The number of carbonyl (C=O) groups is 1. The van der Waals surface area contributed by atoms with Gasteiger partial charge in [-0.25, -0.2) is 4.98 Å². The molecule has 136 valence electrons. The van der Waals surface area contributed by atoms with Crippen LogP contribution in [-0.2, 0) is 0 Å². The smallest absolute Gasteiger partial charge is 0.273 e. The van der Waals surface area contributed by atoms with Gasteiger partial charge in [-0.3, -0.25) is 4.79 Å². The summed E-state index contributed by atoms with van der Waals surface area (Å²) in [5.74, 6) is 2.59. The van der Waals surface area contributed by atoms with Crippen LogP contribution in [0.1, 0.15) is 49.0 Å². The second-order valence-corrected chi connectivity index (χ2v) is 9.13. The van der Waals surface area contributed by atoms with E-state index >= 15 is 0 Å². The maximum absolute atomic E-state index is 12.8. The third-order valence-electron chi connectivity index (χ3n) is 6.32. The lowest BCUT2D eigenvalue weighted by molar-refractivity contribution is -0.0167. The van der Waals surface area contributed by atoms with Gasteiger partial charge in [0.25, 0.3) is 5.91 Å². The lowest BCUT2D eigenvalue weighted by atomic mass is 9.53. The molecule has 0 aliphatic heterocycles. The van der Waals surface area contributed by atoms with Crippen molar-refractivity contribution in [1.82, 2.24) is 10.3 Å². The van der Waals surface area contributed by atoms with Gasteiger partial charge in [-0.2, -0.15) is 0 Å². The molecular weight excluding hydrogens is 371 g/mol. The van der Waals surface area contributed by atoms with Gasteiger partial charge in [0.2, 0.25) is 5.89 Å². The van der Waals surface area contributed by atoms with Gasteiger partial charge in [-0.15, -0.1) is 0 Å². The minimum absolute atomic E-state index is 0.0332. The van der Waals surface area contributed by atoms with Gasteiger partial charge in [-0.05, 0) is 74.5 Å². The number of benzene rings is 1. The van der Waals surface area contributed by atoms with Crippen molar-refractivity contribution in [3.8, 4) is 11.5 Å². The van der Waals surface area contributed by atoms with E-state index in [1.165, 1.54) is 25.5 Å². The number of carbonyl (C=O) groups excluding carboxylic acids is 1. The fourth-order valence-electron chi connectivity index (χ4n) is 5.71. The molecule has 2 aromatic rings. The van der Waals surface area contributed by atoms with Gasteiger partial charge in [0.1, 0.15) is 6.26 Å². The molecule has 4 bridgehead atoms. The van der Waals surface area contributed by atoms with Gasteiger partial charge in [0.15, 0.2) is 5.69 Å². The Balaban J connectivity index is 1.35. The molecule has 1 amide bonds. The van der Waals surface area contributed by atoms with Crippen molar-refractivity contribution >= 4 is 29.1 Å².